The number of nitrogens with zero attached hydrogens (tertiary/aromatic N) is 2. The van der Waals surface area contributed by atoms with Crippen molar-refractivity contribution in [2.24, 2.45) is 0 Å². The Bertz CT molecular complexity index is 861. The van der Waals surface area contributed by atoms with E-state index in [-0.39, 0.29) is 0 Å². The molecule has 0 N–H and O–H groups in total. The molecule has 4 rings (SSSR count). The Morgan fingerprint density at radius 1 is 0.810 bits per heavy atom. The van der Waals surface area contributed by atoms with E-state index < -0.39 is 0 Å². The number of aromatic nitrogens is 2. The minimum atomic E-state index is 0.819. The maximum Gasteiger partial charge on any atom is 0.128 e. The van der Waals surface area contributed by atoms with Crippen LogP contribution >= 0.6 is 34.4 Å². The lowest BCUT2D eigenvalue weighted by molar-refractivity contribution is 1.63. The van der Waals surface area contributed by atoms with E-state index in [9.17, 15) is 0 Å². The van der Waals surface area contributed by atoms with Crippen molar-refractivity contribution in [3.05, 3.63) is 41.3 Å². The van der Waals surface area contributed by atoms with Gasteiger partial charge in [-0.05, 0) is 29.9 Å². The zero-order chi connectivity index (χ0) is 14.4. The van der Waals surface area contributed by atoms with Gasteiger partial charge in [0.1, 0.15) is 18.9 Å². The van der Waals surface area contributed by atoms with E-state index in [1.807, 2.05) is 12.1 Å². The third kappa shape index (κ3) is 2.23. The van der Waals surface area contributed by atoms with Crippen molar-refractivity contribution >= 4 is 58.1 Å². The van der Waals surface area contributed by atoms with Crippen LogP contribution in [0.2, 0.25) is 0 Å². The molecule has 0 aliphatic heterocycles. The van der Waals surface area contributed by atoms with Crippen LogP contribution in [0.3, 0.4) is 0 Å². The number of benzene rings is 1. The highest BCUT2D eigenvalue weighted by Gasteiger charge is 2.14. The summed E-state index contributed by atoms with van der Waals surface area (Å²) in [4.78, 5) is 3.68. The molecule has 3 heterocycles. The average molecular weight is 324 g/mol. The molecule has 0 aliphatic rings. The van der Waals surface area contributed by atoms with Crippen LogP contribution in [0, 0.1) is 6.92 Å². The van der Waals surface area contributed by atoms with Gasteiger partial charge >= 0.3 is 0 Å². The van der Waals surface area contributed by atoms with Crippen LogP contribution in [-0.4, -0.2) is 16.6 Å². The molecule has 0 saturated carbocycles. The Kier molecular flexibility index (Phi) is 3.17. The summed E-state index contributed by atoms with van der Waals surface area (Å²) in [6.07, 6.45) is 0. The van der Waals surface area contributed by atoms with Gasteiger partial charge in [0.05, 0.1) is 11.7 Å². The second kappa shape index (κ2) is 5.05. The smallest absolute Gasteiger partial charge is 0.128 e. The molecule has 2 radical (unpaired) electrons. The third-order valence-corrected chi connectivity index (χ3v) is 5.82. The highest BCUT2D eigenvalue weighted by Crippen LogP contribution is 2.37. The lowest BCUT2D eigenvalue weighted by Crippen LogP contribution is -1.88. The molecule has 0 spiro atoms. The van der Waals surface area contributed by atoms with Crippen molar-refractivity contribution < 1.29 is 0 Å². The molecule has 4 aromatic rings. The highest BCUT2D eigenvalue weighted by molar-refractivity contribution is 7.23. The van der Waals surface area contributed by atoms with Crippen molar-refractivity contribution in [3.8, 4) is 20.9 Å². The topological polar surface area (TPSA) is 25.8 Å². The molecule has 0 fully saturated rings. The number of fused-ring (bicyclic) bond motifs is 1. The van der Waals surface area contributed by atoms with E-state index in [1.165, 1.54) is 21.5 Å². The van der Waals surface area contributed by atoms with Gasteiger partial charge in [-0.3, -0.25) is 0 Å². The van der Waals surface area contributed by atoms with Crippen LogP contribution < -0.4 is 4.78 Å². The number of rotatable bonds is 2. The molecule has 0 amide bonds. The highest BCUT2D eigenvalue weighted by atomic mass is 32.1. The standard InChI is InChI=1S/C15H9BN2S3/c1-8-2-5-11(19-8)9-3-4-10(12-6-7-13(16)20-12)15-14(9)17-21-18-15/h2-7H,1H3. The molecule has 2 nitrogen and oxygen atoms in total. The Morgan fingerprint density at radius 2 is 1.43 bits per heavy atom. The lowest BCUT2D eigenvalue weighted by Gasteiger charge is -2.03. The number of thiophene rings is 2. The normalized spacial score (nSPS) is 11.3. The van der Waals surface area contributed by atoms with Crippen LogP contribution in [0.15, 0.2) is 36.4 Å². The van der Waals surface area contributed by atoms with Gasteiger partial charge in [-0.2, -0.15) is 20.1 Å². The van der Waals surface area contributed by atoms with Gasteiger partial charge in [0.15, 0.2) is 0 Å². The molecule has 3 aromatic heterocycles. The van der Waals surface area contributed by atoms with Gasteiger partial charge < -0.3 is 0 Å². The monoisotopic (exact) mass is 324 g/mol. The summed E-state index contributed by atoms with van der Waals surface area (Å²) >= 11 is 4.63. The molecule has 6 heteroatoms. The van der Waals surface area contributed by atoms with Crippen LogP contribution in [0.4, 0.5) is 0 Å². The summed E-state index contributed by atoms with van der Waals surface area (Å²) in [6, 6.07) is 12.5. The predicted molar refractivity (Wildman–Crippen MR) is 94.2 cm³/mol. The number of aryl methyl sites for hydroxylation is 1. The van der Waals surface area contributed by atoms with E-state index in [1.54, 1.807) is 22.7 Å². The minimum absolute atomic E-state index is 0.819. The van der Waals surface area contributed by atoms with Gasteiger partial charge in [-0.1, -0.05) is 18.2 Å². The van der Waals surface area contributed by atoms with Gasteiger partial charge in [0, 0.05) is 25.8 Å². The molecule has 100 valence electrons. The summed E-state index contributed by atoms with van der Waals surface area (Å²) < 4.78 is 9.82. The first kappa shape index (κ1) is 13.2. The first-order valence-electron chi connectivity index (χ1n) is 6.40. The number of hydrogen-bond donors (Lipinski definition) is 0. The summed E-state index contributed by atoms with van der Waals surface area (Å²) in [5.41, 5.74) is 4.21. The fourth-order valence-electron chi connectivity index (χ4n) is 2.34. The predicted octanol–water partition coefficient (Wildman–Crippen LogP) is 4.25. The van der Waals surface area contributed by atoms with Crippen LogP contribution in [0.1, 0.15) is 4.88 Å². The van der Waals surface area contributed by atoms with E-state index in [2.05, 4.69) is 39.9 Å². The minimum Gasteiger partial charge on any atom is -0.172 e. The average Bonchev–Trinajstić information content (AvgIpc) is 3.18. The van der Waals surface area contributed by atoms with E-state index in [0.717, 1.165) is 31.8 Å². The van der Waals surface area contributed by atoms with E-state index in [0.29, 0.717) is 0 Å². The molecule has 21 heavy (non-hydrogen) atoms. The van der Waals surface area contributed by atoms with Crippen LogP contribution in [-0.2, 0) is 0 Å². The molecular formula is C15H9BN2S3. The summed E-state index contributed by atoms with van der Waals surface area (Å²) in [5.74, 6) is 0. The molecule has 0 bridgehead atoms. The molecule has 0 atom stereocenters. The maximum atomic E-state index is 5.85. The molecule has 0 aliphatic carbocycles. The van der Waals surface area contributed by atoms with Crippen molar-refractivity contribution in [3.63, 3.8) is 0 Å². The van der Waals surface area contributed by atoms with E-state index in [4.69, 9.17) is 7.85 Å². The Balaban J connectivity index is 1.96. The summed E-state index contributed by atoms with van der Waals surface area (Å²) in [7, 11) is 5.85. The summed E-state index contributed by atoms with van der Waals surface area (Å²) in [6.45, 7) is 2.12. The third-order valence-electron chi connectivity index (χ3n) is 3.31. The largest absolute Gasteiger partial charge is 0.172 e. The van der Waals surface area contributed by atoms with Crippen molar-refractivity contribution in [1.29, 1.82) is 0 Å². The Morgan fingerprint density at radius 3 is 1.95 bits per heavy atom. The van der Waals surface area contributed by atoms with Crippen molar-refractivity contribution in [1.82, 2.24) is 8.75 Å². The zero-order valence-corrected chi connectivity index (χ0v) is 13.6. The van der Waals surface area contributed by atoms with Crippen molar-refractivity contribution in [2.45, 2.75) is 6.92 Å². The lowest BCUT2D eigenvalue weighted by atomic mass is 10.1. The van der Waals surface area contributed by atoms with Gasteiger partial charge in [0.2, 0.25) is 0 Å². The fourth-order valence-corrected chi connectivity index (χ4v) is 4.61. The fraction of sp³-hybridized carbons (Fsp3) is 0.0667. The molecular weight excluding hydrogens is 315 g/mol. The maximum absolute atomic E-state index is 5.85. The first-order valence-corrected chi connectivity index (χ1v) is 8.76. The van der Waals surface area contributed by atoms with Crippen LogP contribution in [0.5, 0.6) is 0 Å². The second-order valence-electron chi connectivity index (χ2n) is 4.73. The quantitative estimate of drug-likeness (QED) is 0.515. The van der Waals surface area contributed by atoms with E-state index >= 15 is 0 Å². The first-order chi connectivity index (χ1) is 10.2. The molecule has 0 saturated heterocycles. The zero-order valence-electron chi connectivity index (χ0n) is 11.2. The second-order valence-corrected chi connectivity index (χ2v) is 7.67. The van der Waals surface area contributed by atoms with Crippen molar-refractivity contribution in [2.75, 3.05) is 0 Å². The molecule has 1 aromatic carbocycles. The number of hydrogen-bond acceptors (Lipinski definition) is 5. The van der Waals surface area contributed by atoms with Gasteiger partial charge in [0.25, 0.3) is 0 Å². The Labute approximate surface area is 135 Å². The van der Waals surface area contributed by atoms with Gasteiger partial charge in [-0.25, -0.2) is 0 Å². The molecule has 0 unspecified atom stereocenters. The SMILES string of the molecule is [B]c1ccc(-c2ccc(-c3ccc(C)s3)c3nsnc23)s1. The Hall–Kier alpha value is -1.50. The summed E-state index contributed by atoms with van der Waals surface area (Å²) in [5, 5.41) is 0. The van der Waals surface area contributed by atoms with Gasteiger partial charge in [-0.15, -0.1) is 11.3 Å². The van der Waals surface area contributed by atoms with Crippen LogP contribution in [0.25, 0.3) is 31.9 Å².